The van der Waals surface area contributed by atoms with E-state index < -0.39 is 0 Å². The fourth-order valence-electron chi connectivity index (χ4n) is 3.86. The normalized spacial score (nSPS) is 29.1. The lowest BCUT2D eigenvalue weighted by atomic mass is 9.76. The highest BCUT2D eigenvalue weighted by Crippen LogP contribution is 2.33. The summed E-state index contributed by atoms with van der Waals surface area (Å²) in [6.45, 7) is 14.6. The van der Waals surface area contributed by atoms with Gasteiger partial charge in [0.1, 0.15) is 0 Å². The predicted molar refractivity (Wildman–Crippen MR) is 87.1 cm³/mol. The molecule has 0 heterocycles. The van der Waals surface area contributed by atoms with Crippen molar-refractivity contribution in [2.45, 2.75) is 72.0 Å². The SMILES string of the molecule is CCNC1CCC(C(C)C)CC1N(CC)C(C)COC. The standard InChI is InChI=1S/C17H36N2O/c1-7-18-16-10-9-15(13(3)4)11-17(16)19(8-2)14(5)12-20-6/h13-18H,7-12H2,1-6H3. The van der Waals surface area contributed by atoms with Crippen molar-refractivity contribution >= 4 is 0 Å². The molecule has 4 unspecified atom stereocenters. The summed E-state index contributed by atoms with van der Waals surface area (Å²) in [5.74, 6) is 1.68. The van der Waals surface area contributed by atoms with Crippen molar-refractivity contribution in [2.75, 3.05) is 26.8 Å². The van der Waals surface area contributed by atoms with Crippen LogP contribution in [0.2, 0.25) is 0 Å². The third kappa shape index (κ3) is 4.71. The van der Waals surface area contributed by atoms with E-state index in [1.807, 2.05) is 7.11 Å². The van der Waals surface area contributed by atoms with Gasteiger partial charge in [0.25, 0.3) is 0 Å². The molecule has 0 aromatic heterocycles. The van der Waals surface area contributed by atoms with Crippen LogP contribution in [0.25, 0.3) is 0 Å². The van der Waals surface area contributed by atoms with Gasteiger partial charge >= 0.3 is 0 Å². The molecule has 0 radical (unpaired) electrons. The first kappa shape index (κ1) is 17.9. The Labute approximate surface area is 126 Å². The Morgan fingerprint density at radius 2 is 1.90 bits per heavy atom. The van der Waals surface area contributed by atoms with Gasteiger partial charge in [-0.3, -0.25) is 4.90 Å². The largest absolute Gasteiger partial charge is 0.383 e. The summed E-state index contributed by atoms with van der Waals surface area (Å²) in [6, 6.07) is 1.81. The van der Waals surface area contributed by atoms with E-state index in [9.17, 15) is 0 Å². The van der Waals surface area contributed by atoms with Gasteiger partial charge in [-0.25, -0.2) is 0 Å². The highest BCUT2D eigenvalue weighted by atomic mass is 16.5. The summed E-state index contributed by atoms with van der Waals surface area (Å²) in [6.07, 6.45) is 4.02. The van der Waals surface area contributed by atoms with Gasteiger partial charge < -0.3 is 10.1 Å². The first-order chi connectivity index (χ1) is 9.54. The Bertz CT molecular complexity index is 257. The molecule has 0 bridgehead atoms. The third-order valence-corrected chi connectivity index (χ3v) is 5.03. The molecule has 1 rings (SSSR count). The molecule has 1 aliphatic rings. The minimum Gasteiger partial charge on any atom is -0.383 e. The van der Waals surface area contributed by atoms with E-state index in [0.717, 1.165) is 31.5 Å². The Kier molecular flexibility index (Phi) is 8.08. The summed E-state index contributed by atoms with van der Waals surface area (Å²) < 4.78 is 5.38. The van der Waals surface area contributed by atoms with Crippen LogP contribution in [0.4, 0.5) is 0 Å². The summed E-state index contributed by atoms with van der Waals surface area (Å²) in [5.41, 5.74) is 0. The molecule has 3 heteroatoms. The fourth-order valence-corrected chi connectivity index (χ4v) is 3.86. The van der Waals surface area contributed by atoms with E-state index in [0.29, 0.717) is 18.1 Å². The molecule has 0 aliphatic heterocycles. The first-order valence-electron chi connectivity index (χ1n) is 8.53. The van der Waals surface area contributed by atoms with Crippen molar-refractivity contribution in [3.63, 3.8) is 0 Å². The molecular formula is C17H36N2O. The maximum atomic E-state index is 5.38. The molecule has 0 aromatic rings. The highest BCUT2D eigenvalue weighted by molar-refractivity contribution is 4.93. The van der Waals surface area contributed by atoms with Gasteiger partial charge in [0, 0.05) is 25.2 Å². The number of hydrogen-bond donors (Lipinski definition) is 1. The van der Waals surface area contributed by atoms with Gasteiger partial charge in [0.15, 0.2) is 0 Å². The number of nitrogens with zero attached hydrogens (tertiary/aromatic N) is 1. The molecule has 1 fully saturated rings. The van der Waals surface area contributed by atoms with Gasteiger partial charge in [0.05, 0.1) is 6.61 Å². The number of likely N-dealkylation sites (N-methyl/N-ethyl adjacent to an activating group) is 2. The summed E-state index contributed by atoms with van der Waals surface area (Å²) in [7, 11) is 1.81. The van der Waals surface area contributed by atoms with E-state index in [4.69, 9.17) is 4.74 Å². The lowest BCUT2D eigenvalue weighted by molar-refractivity contribution is 0.0272. The number of nitrogens with one attached hydrogen (secondary N) is 1. The predicted octanol–water partition coefficient (Wildman–Crippen LogP) is 3.15. The zero-order valence-corrected chi connectivity index (χ0v) is 14.5. The van der Waals surface area contributed by atoms with Crippen LogP contribution in [0.3, 0.4) is 0 Å². The minimum atomic E-state index is 0.502. The van der Waals surface area contributed by atoms with Crippen LogP contribution in [0.5, 0.6) is 0 Å². The minimum absolute atomic E-state index is 0.502. The second-order valence-corrected chi connectivity index (χ2v) is 6.68. The quantitative estimate of drug-likeness (QED) is 0.741. The van der Waals surface area contributed by atoms with Gasteiger partial charge in [-0.15, -0.1) is 0 Å². The van der Waals surface area contributed by atoms with Crippen molar-refractivity contribution in [1.29, 1.82) is 0 Å². The van der Waals surface area contributed by atoms with Crippen molar-refractivity contribution in [1.82, 2.24) is 10.2 Å². The lowest BCUT2D eigenvalue weighted by Gasteiger charge is -2.46. The van der Waals surface area contributed by atoms with Crippen LogP contribution in [-0.4, -0.2) is 49.8 Å². The molecule has 0 saturated heterocycles. The van der Waals surface area contributed by atoms with Crippen molar-refractivity contribution in [3.8, 4) is 0 Å². The average molecular weight is 284 g/mol. The van der Waals surface area contributed by atoms with Crippen LogP contribution in [0.15, 0.2) is 0 Å². The van der Waals surface area contributed by atoms with E-state index in [1.165, 1.54) is 19.3 Å². The number of methoxy groups -OCH3 is 1. The molecule has 0 spiro atoms. The summed E-state index contributed by atoms with van der Waals surface area (Å²) in [4.78, 5) is 2.66. The molecule has 1 aliphatic carbocycles. The van der Waals surface area contributed by atoms with E-state index in [2.05, 4.69) is 44.8 Å². The van der Waals surface area contributed by atoms with Gasteiger partial charge in [-0.05, 0) is 51.1 Å². The van der Waals surface area contributed by atoms with Crippen molar-refractivity contribution < 1.29 is 4.74 Å². The number of hydrogen-bond acceptors (Lipinski definition) is 3. The Hall–Kier alpha value is -0.120. The van der Waals surface area contributed by atoms with Crippen LogP contribution in [0.1, 0.15) is 53.9 Å². The van der Waals surface area contributed by atoms with E-state index in [1.54, 1.807) is 0 Å². The zero-order valence-electron chi connectivity index (χ0n) is 14.5. The second kappa shape index (κ2) is 9.01. The topological polar surface area (TPSA) is 24.5 Å². The molecular weight excluding hydrogens is 248 g/mol. The van der Waals surface area contributed by atoms with Crippen LogP contribution in [-0.2, 0) is 4.74 Å². The molecule has 120 valence electrons. The molecule has 3 nitrogen and oxygen atoms in total. The molecule has 1 N–H and O–H groups in total. The molecule has 0 aromatic carbocycles. The molecule has 20 heavy (non-hydrogen) atoms. The molecule has 4 atom stereocenters. The Morgan fingerprint density at radius 1 is 1.20 bits per heavy atom. The van der Waals surface area contributed by atoms with Gasteiger partial charge in [-0.1, -0.05) is 27.7 Å². The molecule has 0 amide bonds. The van der Waals surface area contributed by atoms with E-state index >= 15 is 0 Å². The molecule has 1 saturated carbocycles. The van der Waals surface area contributed by atoms with Gasteiger partial charge in [0.2, 0.25) is 0 Å². The lowest BCUT2D eigenvalue weighted by Crippen LogP contribution is -2.56. The Morgan fingerprint density at radius 3 is 2.40 bits per heavy atom. The Balaban J connectivity index is 2.79. The van der Waals surface area contributed by atoms with E-state index in [-0.39, 0.29) is 0 Å². The zero-order chi connectivity index (χ0) is 15.1. The van der Waals surface area contributed by atoms with Gasteiger partial charge in [-0.2, -0.15) is 0 Å². The monoisotopic (exact) mass is 284 g/mol. The smallest absolute Gasteiger partial charge is 0.0615 e. The average Bonchev–Trinajstić information content (AvgIpc) is 2.41. The van der Waals surface area contributed by atoms with Crippen LogP contribution in [0, 0.1) is 11.8 Å². The maximum Gasteiger partial charge on any atom is 0.0615 e. The number of ether oxygens (including phenoxy) is 1. The fraction of sp³-hybridized carbons (Fsp3) is 1.00. The summed E-state index contributed by atoms with van der Waals surface area (Å²) >= 11 is 0. The van der Waals surface area contributed by atoms with Crippen LogP contribution < -0.4 is 5.32 Å². The van der Waals surface area contributed by atoms with Crippen molar-refractivity contribution in [3.05, 3.63) is 0 Å². The first-order valence-corrected chi connectivity index (χ1v) is 8.53. The van der Waals surface area contributed by atoms with Crippen molar-refractivity contribution in [2.24, 2.45) is 11.8 Å². The highest BCUT2D eigenvalue weighted by Gasteiger charge is 2.36. The van der Waals surface area contributed by atoms with Crippen LogP contribution >= 0.6 is 0 Å². The summed E-state index contributed by atoms with van der Waals surface area (Å²) in [5, 5.41) is 3.72. The third-order valence-electron chi connectivity index (χ3n) is 5.03. The maximum absolute atomic E-state index is 5.38. The second-order valence-electron chi connectivity index (χ2n) is 6.68. The number of rotatable bonds is 8.